The topological polar surface area (TPSA) is 148 Å². The first kappa shape index (κ1) is 38.8. The van der Waals surface area contributed by atoms with Gasteiger partial charge in [0.1, 0.15) is 73.2 Å². The van der Waals surface area contributed by atoms with Gasteiger partial charge in [-0.2, -0.15) is 0 Å². The zero-order valence-electron chi connectivity index (χ0n) is 28.3. The first-order valence-corrected chi connectivity index (χ1v) is 14.8. The average Bonchev–Trinajstić information content (AvgIpc) is 3.04. The molecular formula is C29H54O16. The summed E-state index contributed by atoms with van der Waals surface area (Å²) in [6.45, 7) is 0.613. The monoisotopic (exact) mass is 658 g/mol. The molecule has 0 bridgehead atoms. The van der Waals surface area contributed by atoms with E-state index in [-0.39, 0.29) is 19.8 Å². The molecule has 0 saturated carbocycles. The van der Waals surface area contributed by atoms with Crippen molar-refractivity contribution < 1.29 is 75.8 Å². The molecule has 16 nitrogen and oxygen atoms in total. The van der Waals surface area contributed by atoms with Gasteiger partial charge in [-0.15, -0.1) is 0 Å². The summed E-state index contributed by atoms with van der Waals surface area (Å²) in [7, 11) is 17.1. The van der Waals surface area contributed by atoms with Crippen molar-refractivity contribution in [1.29, 1.82) is 0 Å². The summed E-state index contributed by atoms with van der Waals surface area (Å²) in [5.74, 6) is 0. The van der Waals surface area contributed by atoms with Gasteiger partial charge in [-0.1, -0.05) is 0 Å². The van der Waals surface area contributed by atoms with Crippen LogP contribution >= 0.6 is 0 Å². The van der Waals surface area contributed by atoms with Crippen LogP contribution in [0.5, 0.6) is 0 Å². The predicted molar refractivity (Wildman–Crippen MR) is 154 cm³/mol. The fourth-order valence-corrected chi connectivity index (χ4v) is 6.43. The van der Waals surface area contributed by atoms with E-state index in [2.05, 4.69) is 0 Å². The van der Waals surface area contributed by atoms with E-state index < -0.39 is 92.1 Å². The van der Waals surface area contributed by atoms with Crippen LogP contribution in [0.4, 0.5) is 0 Å². The minimum absolute atomic E-state index is 0.162. The minimum Gasteiger partial charge on any atom is -0.382 e. The second-order valence-corrected chi connectivity index (χ2v) is 10.8. The van der Waals surface area contributed by atoms with Crippen molar-refractivity contribution in [3.05, 3.63) is 0 Å². The Balaban J connectivity index is 1.99. The smallest absolute Gasteiger partial charge is 0.187 e. The van der Waals surface area contributed by atoms with Gasteiger partial charge in [0.15, 0.2) is 18.9 Å². The Kier molecular flexibility index (Phi) is 16.7. The van der Waals surface area contributed by atoms with Crippen molar-refractivity contribution in [3.8, 4) is 0 Å². The predicted octanol–water partition coefficient (Wildman–Crippen LogP) is -0.378. The van der Waals surface area contributed by atoms with Crippen LogP contribution in [0, 0.1) is 0 Å². The van der Waals surface area contributed by atoms with Gasteiger partial charge < -0.3 is 75.8 Å². The number of hydrogen-bond donors (Lipinski definition) is 0. The number of ether oxygens (including phenoxy) is 16. The standard InChI is InChI=1S/C29H54O16/c1-30-12-15-18(33-4)21(36-7)24(37-8)28(42-15)45-23-20(35-6)17(14-32-3)43-29(26(23)39-10)44-22-19(34-5)16(13-31-2)41-27(40-11)25(22)38-9/h15-29H,12-14H2,1-11H3/t15-,16-,17-,18-,19-,20-,21+,22+,23+,24-,25-,26-,27-,28+,29+/m1/s1. The second-order valence-electron chi connectivity index (χ2n) is 10.8. The van der Waals surface area contributed by atoms with E-state index in [1.54, 1.807) is 56.9 Å². The van der Waals surface area contributed by atoms with Crippen LogP contribution in [0.3, 0.4) is 0 Å². The summed E-state index contributed by atoms with van der Waals surface area (Å²) in [4.78, 5) is 0. The second kappa shape index (κ2) is 19.4. The van der Waals surface area contributed by atoms with E-state index in [4.69, 9.17) is 75.8 Å². The molecule has 3 saturated heterocycles. The van der Waals surface area contributed by atoms with Gasteiger partial charge in [-0.05, 0) is 0 Å². The molecule has 0 unspecified atom stereocenters. The lowest BCUT2D eigenvalue weighted by Gasteiger charge is -2.51. The lowest BCUT2D eigenvalue weighted by Crippen LogP contribution is -2.68. The summed E-state index contributed by atoms with van der Waals surface area (Å²) in [6, 6.07) is 0. The molecule has 0 aliphatic carbocycles. The Morgan fingerprint density at radius 2 is 0.600 bits per heavy atom. The molecule has 266 valence electrons. The number of methoxy groups -OCH3 is 11. The van der Waals surface area contributed by atoms with E-state index in [1.807, 2.05) is 0 Å². The van der Waals surface area contributed by atoms with Crippen LogP contribution < -0.4 is 0 Å². The average molecular weight is 659 g/mol. The van der Waals surface area contributed by atoms with Gasteiger partial charge in [0.2, 0.25) is 0 Å². The van der Waals surface area contributed by atoms with Crippen LogP contribution in [0.15, 0.2) is 0 Å². The van der Waals surface area contributed by atoms with Crippen LogP contribution in [0.1, 0.15) is 0 Å². The van der Waals surface area contributed by atoms with Gasteiger partial charge >= 0.3 is 0 Å². The SMILES string of the molecule is COC[C@H]1O[C@@H](O[C@@H]2[C@@H](OC)[C@H](O[C@@H]3[C@@H](OC)[C@H](OC)O[C@H](COC)[C@H]3OC)O[C@H](COC)[C@H]2OC)[C@H](OC)[C@@H](OC)[C@@H]1OC. The zero-order chi connectivity index (χ0) is 33.1. The third-order valence-electron chi connectivity index (χ3n) is 8.49. The maximum absolute atomic E-state index is 6.71. The summed E-state index contributed by atoms with van der Waals surface area (Å²) >= 11 is 0. The Morgan fingerprint density at radius 1 is 0.311 bits per heavy atom. The zero-order valence-corrected chi connectivity index (χ0v) is 28.3. The Labute approximate surface area is 266 Å². The molecule has 0 N–H and O–H groups in total. The Hall–Kier alpha value is -0.640. The first-order chi connectivity index (χ1) is 21.9. The molecule has 0 amide bonds. The molecule has 0 spiro atoms. The molecule has 0 aromatic carbocycles. The van der Waals surface area contributed by atoms with E-state index >= 15 is 0 Å². The molecule has 0 aromatic heterocycles. The van der Waals surface area contributed by atoms with Crippen molar-refractivity contribution in [1.82, 2.24) is 0 Å². The van der Waals surface area contributed by atoms with E-state index in [9.17, 15) is 0 Å². The fourth-order valence-electron chi connectivity index (χ4n) is 6.43. The lowest BCUT2D eigenvalue weighted by molar-refractivity contribution is -0.387. The van der Waals surface area contributed by atoms with Crippen molar-refractivity contribution in [2.24, 2.45) is 0 Å². The van der Waals surface area contributed by atoms with Gasteiger partial charge in [-0.3, -0.25) is 0 Å². The fraction of sp³-hybridized carbons (Fsp3) is 1.00. The first-order valence-electron chi connectivity index (χ1n) is 14.8. The van der Waals surface area contributed by atoms with Gasteiger partial charge in [0.25, 0.3) is 0 Å². The van der Waals surface area contributed by atoms with Gasteiger partial charge in [0.05, 0.1) is 19.8 Å². The maximum atomic E-state index is 6.71. The van der Waals surface area contributed by atoms with E-state index in [1.165, 1.54) is 21.3 Å². The Bertz CT molecular complexity index is 810. The molecule has 3 rings (SSSR count). The molecular weight excluding hydrogens is 604 g/mol. The van der Waals surface area contributed by atoms with Crippen molar-refractivity contribution in [3.63, 3.8) is 0 Å². The molecule has 3 aliphatic heterocycles. The van der Waals surface area contributed by atoms with E-state index in [0.29, 0.717) is 0 Å². The van der Waals surface area contributed by atoms with Crippen LogP contribution in [-0.4, -0.2) is 190 Å². The normalized spacial score (nSPS) is 42.6. The molecule has 15 atom stereocenters. The highest BCUT2D eigenvalue weighted by molar-refractivity contribution is 4.99. The number of hydrogen-bond acceptors (Lipinski definition) is 16. The number of rotatable bonds is 18. The third kappa shape index (κ3) is 8.70. The summed E-state index contributed by atoms with van der Waals surface area (Å²) in [5.41, 5.74) is 0. The maximum Gasteiger partial charge on any atom is 0.187 e. The minimum atomic E-state index is -1.02. The van der Waals surface area contributed by atoms with Crippen LogP contribution in [0.25, 0.3) is 0 Å². The Morgan fingerprint density at radius 3 is 0.911 bits per heavy atom. The summed E-state index contributed by atoms with van der Waals surface area (Å²) in [5, 5.41) is 0. The molecule has 3 aliphatic rings. The van der Waals surface area contributed by atoms with Crippen LogP contribution in [-0.2, 0) is 75.8 Å². The molecule has 3 heterocycles. The molecule has 0 radical (unpaired) electrons. The highest BCUT2D eigenvalue weighted by atomic mass is 16.8. The molecule has 3 fully saturated rings. The third-order valence-corrected chi connectivity index (χ3v) is 8.49. The van der Waals surface area contributed by atoms with Crippen molar-refractivity contribution in [2.75, 3.05) is 98.0 Å². The van der Waals surface area contributed by atoms with Crippen molar-refractivity contribution in [2.45, 2.75) is 92.1 Å². The van der Waals surface area contributed by atoms with Crippen molar-refractivity contribution >= 4 is 0 Å². The van der Waals surface area contributed by atoms with E-state index in [0.717, 1.165) is 0 Å². The van der Waals surface area contributed by atoms with Gasteiger partial charge in [-0.25, -0.2) is 0 Å². The van der Waals surface area contributed by atoms with Gasteiger partial charge in [0, 0.05) is 78.2 Å². The molecule has 0 aromatic rings. The quantitative estimate of drug-likeness (QED) is 0.188. The highest BCUT2D eigenvalue weighted by Crippen LogP contribution is 2.36. The molecule has 45 heavy (non-hydrogen) atoms. The summed E-state index contributed by atoms with van der Waals surface area (Å²) in [6.07, 6.45) is -10.5. The van der Waals surface area contributed by atoms with Crippen LogP contribution in [0.2, 0.25) is 0 Å². The summed E-state index contributed by atoms with van der Waals surface area (Å²) < 4.78 is 95.3. The highest BCUT2D eigenvalue weighted by Gasteiger charge is 2.56. The largest absolute Gasteiger partial charge is 0.382 e. The molecule has 16 heteroatoms. The lowest BCUT2D eigenvalue weighted by atomic mass is 9.95.